The monoisotopic (exact) mass is 379 g/mol. The molecule has 0 radical (unpaired) electrons. The second kappa shape index (κ2) is 7.35. The molecule has 2 unspecified atom stereocenters. The van der Waals surface area contributed by atoms with Crippen molar-refractivity contribution < 1.29 is 29.1 Å². The number of carbonyl (C=O) groups excluding carboxylic acids is 1. The van der Waals surface area contributed by atoms with E-state index in [0.29, 0.717) is 25.0 Å². The van der Waals surface area contributed by atoms with Gasteiger partial charge in [0.25, 0.3) is 5.91 Å². The van der Waals surface area contributed by atoms with Crippen molar-refractivity contribution in [3.63, 3.8) is 0 Å². The van der Waals surface area contributed by atoms with E-state index in [9.17, 15) is 9.90 Å². The minimum atomic E-state index is -1.39. The molecule has 10 heteroatoms. The second-order valence-electron chi connectivity index (χ2n) is 7.90. The molecule has 3 heterocycles. The smallest absolute Gasteiger partial charge is 0.458 e. The topological polar surface area (TPSA) is 114 Å². The highest BCUT2D eigenvalue weighted by Gasteiger charge is 2.52. The number of likely N-dealkylation sites (tertiary alicyclic amines) is 1. The molecular weight excluding hydrogens is 353 g/mol. The van der Waals surface area contributed by atoms with Crippen LogP contribution in [-0.2, 0) is 14.1 Å². The van der Waals surface area contributed by atoms with Gasteiger partial charge in [0, 0.05) is 30.8 Å². The fourth-order valence-corrected chi connectivity index (χ4v) is 2.95. The lowest BCUT2D eigenvalue weighted by molar-refractivity contribution is -0.141. The van der Waals surface area contributed by atoms with Gasteiger partial charge in [0.2, 0.25) is 0 Å². The Bertz CT molecular complexity index is 668. The molecule has 2 saturated heterocycles. The molecule has 2 aliphatic heterocycles. The summed E-state index contributed by atoms with van der Waals surface area (Å²) in [4.78, 5) is 21.8. The van der Waals surface area contributed by atoms with Gasteiger partial charge in [-0.1, -0.05) is 0 Å². The molecule has 2 atom stereocenters. The van der Waals surface area contributed by atoms with Gasteiger partial charge >= 0.3 is 13.1 Å². The van der Waals surface area contributed by atoms with Crippen molar-refractivity contribution in [2.75, 3.05) is 19.7 Å². The molecule has 0 bridgehead atoms. The van der Waals surface area contributed by atoms with E-state index in [1.54, 1.807) is 12.4 Å². The van der Waals surface area contributed by atoms with Gasteiger partial charge in [-0.25, -0.2) is 9.97 Å². The molecule has 1 amide bonds. The van der Waals surface area contributed by atoms with Gasteiger partial charge < -0.3 is 29.2 Å². The van der Waals surface area contributed by atoms with Crippen LogP contribution in [-0.4, -0.2) is 81.2 Å². The minimum absolute atomic E-state index is 0.206. The van der Waals surface area contributed by atoms with Gasteiger partial charge in [-0.05, 0) is 27.7 Å². The first-order valence-corrected chi connectivity index (χ1v) is 9.05. The number of aromatic nitrogens is 2. The number of aliphatic hydroxyl groups excluding tert-OH is 2. The number of carbonyl (C=O) groups is 1. The van der Waals surface area contributed by atoms with Crippen LogP contribution in [0, 0.1) is 0 Å². The van der Waals surface area contributed by atoms with Crippen molar-refractivity contribution >= 4 is 18.5 Å². The Morgan fingerprint density at radius 1 is 1.33 bits per heavy atom. The summed E-state index contributed by atoms with van der Waals surface area (Å²) < 4.78 is 17.7. The summed E-state index contributed by atoms with van der Waals surface area (Å²) >= 11 is 0. The molecule has 3 rings (SSSR count). The number of hydrogen-bond acceptors (Lipinski definition) is 8. The van der Waals surface area contributed by atoms with Gasteiger partial charge in [0.1, 0.15) is 6.10 Å². The molecule has 1 aromatic heterocycles. The molecule has 0 aliphatic carbocycles. The molecule has 9 nitrogen and oxygen atoms in total. The second-order valence-corrected chi connectivity index (χ2v) is 7.90. The predicted molar refractivity (Wildman–Crippen MR) is 96.5 cm³/mol. The molecule has 2 N–H and O–H groups in total. The number of rotatable bonds is 5. The van der Waals surface area contributed by atoms with Gasteiger partial charge in [0.15, 0.2) is 6.10 Å². The zero-order chi connectivity index (χ0) is 19.8. The number of aliphatic hydroxyl groups is 2. The Labute approximate surface area is 158 Å². The summed E-state index contributed by atoms with van der Waals surface area (Å²) in [5.41, 5.74) is -0.173. The average molecular weight is 379 g/mol. The number of nitrogens with zero attached hydrogens (tertiary/aromatic N) is 3. The number of ether oxygens (including phenoxy) is 1. The van der Waals surface area contributed by atoms with E-state index >= 15 is 0 Å². The maximum Gasteiger partial charge on any atom is 0.498 e. The van der Waals surface area contributed by atoms with Crippen LogP contribution in [0.4, 0.5) is 0 Å². The molecule has 0 saturated carbocycles. The molecule has 2 fully saturated rings. The van der Waals surface area contributed by atoms with Crippen LogP contribution >= 0.6 is 0 Å². The zero-order valence-electron chi connectivity index (χ0n) is 16.1. The van der Waals surface area contributed by atoms with Gasteiger partial charge in [-0.3, -0.25) is 4.79 Å². The van der Waals surface area contributed by atoms with E-state index in [0.717, 1.165) is 0 Å². The van der Waals surface area contributed by atoms with Crippen molar-refractivity contribution in [1.82, 2.24) is 14.9 Å². The average Bonchev–Trinajstić information content (AvgIpc) is 3.16. The Kier molecular flexibility index (Phi) is 5.44. The van der Waals surface area contributed by atoms with Crippen molar-refractivity contribution in [1.29, 1.82) is 0 Å². The lowest BCUT2D eigenvalue weighted by atomic mass is 9.81. The number of amides is 1. The van der Waals surface area contributed by atoms with Crippen LogP contribution in [0.15, 0.2) is 12.4 Å². The molecule has 1 aromatic rings. The quantitative estimate of drug-likeness (QED) is 0.634. The first kappa shape index (κ1) is 20.0. The highest BCUT2D eigenvalue weighted by Crippen LogP contribution is 2.36. The van der Waals surface area contributed by atoms with Crippen LogP contribution in [0.2, 0.25) is 0 Å². The summed E-state index contributed by atoms with van der Waals surface area (Å²) in [6.45, 7) is 8.09. The fraction of sp³-hybridized carbons (Fsp3) is 0.706. The van der Waals surface area contributed by atoms with Gasteiger partial charge in [-0.15, -0.1) is 0 Å². The van der Waals surface area contributed by atoms with E-state index < -0.39 is 36.9 Å². The Morgan fingerprint density at radius 3 is 2.48 bits per heavy atom. The van der Waals surface area contributed by atoms with E-state index in [1.165, 1.54) is 4.90 Å². The molecular formula is C17H26BN3O6. The normalized spacial score (nSPS) is 24.9. The lowest BCUT2D eigenvalue weighted by Gasteiger charge is -2.32. The van der Waals surface area contributed by atoms with E-state index in [4.69, 9.17) is 19.2 Å². The van der Waals surface area contributed by atoms with Crippen LogP contribution in [0.1, 0.15) is 34.1 Å². The van der Waals surface area contributed by atoms with Gasteiger partial charge in [-0.2, -0.15) is 0 Å². The summed E-state index contributed by atoms with van der Waals surface area (Å²) in [5, 5.41) is 18.3. The van der Waals surface area contributed by atoms with Crippen LogP contribution < -0.4 is 10.2 Å². The zero-order valence-corrected chi connectivity index (χ0v) is 16.1. The van der Waals surface area contributed by atoms with Crippen LogP contribution in [0.3, 0.4) is 0 Å². The summed E-state index contributed by atoms with van der Waals surface area (Å²) in [6.07, 6.45) is 2.17. The Hall–Kier alpha value is -1.75. The summed E-state index contributed by atoms with van der Waals surface area (Å²) in [6, 6.07) is 0.206. The van der Waals surface area contributed by atoms with Gasteiger partial charge in [0.05, 0.1) is 24.4 Å². The maximum atomic E-state index is 11.9. The molecule has 148 valence electrons. The fourth-order valence-electron chi connectivity index (χ4n) is 2.95. The highest BCUT2D eigenvalue weighted by atomic mass is 16.7. The first-order valence-electron chi connectivity index (χ1n) is 9.05. The van der Waals surface area contributed by atoms with Crippen molar-refractivity contribution in [2.24, 2.45) is 0 Å². The number of hydrogen-bond donors (Lipinski definition) is 2. The molecule has 27 heavy (non-hydrogen) atoms. The summed E-state index contributed by atoms with van der Waals surface area (Å²) in [7, 11) is -0.538. The highest BCUT2D eigenvalue weighted by molar-refractivity contribution is 6.61. The molecule has 0 spiro atoms. The standard InChI is InChI=1S/C17H26BN3O6/c1-16(2)17(3,4)27-18(26-16)11-7-19-15(20-8-11)25-12-5-6-21(9-12)14(24)13(23)10-22/h7-8,12-13,22-23H,5-6,9-10H2,1-4H3. The minimum Gasteiger partial charge on any atom is -0.458 e. The Morgan fingerprint density at radius 2 is 1.93 bits per heavy atom. The van der Waals surface area contributed by atoms with Crippen LogP contribution in [0.25, 0.3) is 0 Å². The Balaban J connectivity index is 1.57. The van der Waals surface area contributed by atoms with Crippen molar-refractivity contribution in [3.05, 3.63) is 12.4 Å². The third-order valence-electron chi connectivity index (χ3n) is 5.36. The predicted octanol–water partition coefficient (Wildman–Crippen LogP) is -0.891. The third-order valence-corrected chi connectivity index (χ3v) is 5.36. The van der Waals surface area contributed by atoms with E-state index in [-0.39, 0.29) is 12.1 Å². The maximum absolute atomic E-state index is 11.9. The van der Waals surface area contributed by atoms with E-state index in [2.05, 4.69) is 9.97 Å². The van der Waals surface area contributed by atoms with Crippen molar-refractivity contribution in [3.8, 4) is 6.01 Å². The van der Waals surface area contributed by atoms with E-state index in [1.807, 2.05) is 27.7 Å². The van der Waals surface area contributed by atoms with Crippen LogP contribution in [0.5, 0.6) is 6.01 Å². The largest absolute Gasteiger partial charge is 0.498 e. The molecule has 0 aromatic carbocycles. The summed E-state index contributed by atoms with van der Waals surface area (Å²) in [5.74, 6) is -0.499. The lowest BCUT2D eigenvalue weighted by Crippen LogP contribution is -2.41. The first-order chi connectivity index (χ1) is 12.6. The molecule has 2 aliphatic rings. The third kappa shape index (κ3) is 4.08. The SMILES string of the molecule is CC1(C)OB(c2cnc(OC3CCN(C(=O)C(O)CO)C3)nc2)OC1(C)C. The van der Waals surface area contributed by atoms with Crippen molar-refractivity contribution in [2.45, 2.75) is 57.5 Å².